The predicted octanol–water partition coefficient (Wildman–Crippen LogP) is 3.53. The number of nitrogens with one attached hydrogen (secondary N) is 1. The van der Waals surface area contributed by atoms with Crippen LogP contribution in [0.1, 0.15) is 33.6 Å². The van der Waals surface area contributed by atoms with Gasteiger partial charge in [-0.3, -0.25) is 4.79 Å². The molecule has 1 aliphatic carbocycles. The predicted molar refractivity (Wildman–Crippen MR) is 84.7 cm³/mol. The van der Waals surface area contributed by atoms with Crippen LogP contribution < -0.4 is 5.56 Å². The Kier molecular flexibility index (Phi) is 4.23. The van der Waals surface area contributed by atoms with Gasteiger partial charge in [0.1, 0.15) is 12.2 Å². The topological polar surface area (TPSA) is 59.2 Å². The second-order valence-corrected chi connectivity index (χ2v) is 5.96. The third kappa shape index (κ3) is 2.89. The lowest BCUT2D eigenvalue weighted by molar-refractivity contribution is 0.0471. The van der Waals surface area contributed by atoms with Crippen molar-refractivity contribution >= 4 is 29.2 Å². The fourth-order valence-corrected chi connectivity index (χ4v) is 3.06. The minimum absolute atomic E-state index is 0.0174. The number of hydrogen-bond donors (Lipinski definition) is 1. The summed E-state index contributed by atoms with van der Waals surface area (Å²) >= 11 is 12.0. The fourth-order valence-electron chi connectivity index (χ4n) is 2.55. The van der Waals surface area contributed by atoms with Crippen LogP contribution in [-0.4, -0.2) is 11.0 Å². The van der Waals surface area contributed by atoms with E-state index >= 15 is 0 Å². The number of ether oxygens (including phenoxy) is 1. The number of aryl methyl sites for hydroxylation is 2. The Labute approximate surface area is 137 Å². The number of pyridine rings is 1. The van der Waals surface area contributed by atoms with Crippen LogP contribution in [-0.2, 0) is 24.2 Å². The van der Waals surface area contributed by atoms with E-state index in [1.165, 1.54) is 0 Å². The average Bonchev–Trinajstić information content (AvgIpc) is 2.92. The summed E-state index contributed by atoms with van der Waals surface area (Å²) in [5.41, 5.74) is 2.04. The molecule has 1 aromatic heterocycles. The van der Waals surface area contributed by atoms with Crippen molar-refractivity contribution < 1.29 is 9.53 Å². The third-order valence-corrected chi connectivity index (χ3v) is 4.43. The number of rotatable bonds is 3. The first kappa shape index (κ1) is 15.1. The summed E-state index contributed by atoms with van der Waals surface area (Å²) in [7, 11) is 0. The summed E-state index contributed by atoms with van der Waals surface area (Å²) in [4.78, 5) is 26.8. The van der Waals surface area contributed by atoms with Gasteiger partial charge in [0.15, 0.2) is 0 Å². The molecular weight excluding hydrogens is 325 g/mol. The molecule has 0 amide bonds. The molecule has 0 radical (unpaired) electrons. The number of fused-ring (bicyclic) bond motifs is 1. The van der Waals surface area contributed by atoms with Crippen LogP contribution in [0, 0.1) is 0 Å². The van der Waals surface area contributed by atoms with Crippen molar-refractivity contribution in [1.82, 2.24) is 4.98 Å². The molecule has 0 saturated carbocycles. The smallest absolute Gasteiger partial charge is 0.344 e. The van der Waals surface area contributed by atoms with Crippen molar-refractivity contribution in [3.8, 4) is 0 Å². The average molecular weight is 338 g/mol. The second-order valence-electron chi connectivity index (χ2n) is 5.15. The zero-order chi connectivity index (χ0) is 15.7. The molecule has 0 spiro atoms. The highest BCUT2D eigenvalue weighted by Gasteiger charge is 2.19. The maximum atomic E-state index is 12.1. The Morgan fingerprint density at radius 2 is 1.95 bits per heavy atom. The molecule has 6 heteroatoms. The van der Waals surface area contributed by atoms with Crippen LogP contribution in [0.25, 0.3) is 0 Å². The summed E-state index contributed by atoms with van der Waals surface area (Å²) in [6.07, 6.45) is 2.69. The van der Waals surface area contributed by atoms with E-state index in [4.69, 9.17) is 27.9 Å². The molecule has 1 N–H and O–H groups in total. The SMILES string of the molecule is O=C(OCc1c(Cl)cccc1Cl)c1cc2c([nH]c1=O)CCC2. The van der Waals surface area contributed by atoms with Crippen LogP contribution >= 0.6 is 23.2 Å². The van der Waals surface area contributed by atoms with Gasteiger partial charge in [0.25, 0.3) is 5.56 Å². The molecule has 0 fully saturated rings. The van der Waals surface area contributed by atoms with Gasteiger partial charge < -0.3 is 9.72 Å². The molecule has 4 nitrogen and oxygen atoms in total. The first-order valence-corrected chi connectivity index (χ1v) is 7.67. The maximum absolute atomic E-state index is 12.1. The van der Waals surface area contributed by atoms with Crippen LogP contribution in [0.2, 0.25) is 10.0 Å². The largest absolute Gasteiger partial charge is 0.457 e. The highest BCUT2D eigenvalue weighted by atomic mass is 35.5. The summed E-state index contributed by atoms with van der Waals surface area (Å²) in [5, 5.41) is 0.839. The lowest BCUT2D eigenvalue weighted by Gasteiger charge is -2.09. The summed E-state index contributed by atoms with van der Waals surface area (Å²) < 4.78 is 5.19. The van der Waals surface area contributed by atoms with Crippen LogP contribution in [0.4, 0.5) is 0 Å². The van der Waals surface area contributed by atoms with Gasteiger partial charge in [0, 0.05) is 21.3 Å². The van der Waals surface area contributed by atoms with E-state index in [1.54, 1.807) is 24.3 Å². The van der Waals surface area contributed by atoms with E-state index in [2.05, 4.69) is 4.98 Å². The Balaban J connectivity index is 1.80. The van der Waals surface area contributed by atoms with E-state index in [0.717, 1.165) is 30.5 Å². The fraction of sp³-hybridized carbons (Fsp3) is 0.250. The van der Waals surface area contributed by atoms with Gasteiger partial charge in [-0.25, -0.2) is 4.79 Å². The van der Waals surface area contributed by atoms with Crippen LogP contribution in [0.15, 0.2) is 29.1 Å². The van der Waals surface area contributed by atoms with Gasteiger partial charge in [0.05, 0.1) is 0 Å². The molecule has 0 aliphatic heterocycles. The lowest BCUT2D eigenvalue weighted by atomic mass is 10.1. The van der Waals surface area contributed by atoms with E-state index in [-0.39, 0.29) is 12.2 Å². The summed E-state index contributed by atoms with van der Waals surface area (Å²) in [6.45, 7) is -0.0755. The zero-order valence-electron chi connectivity index (χ0n) is 11.6. The van der Waals surface area contributed by atoms with Crippen molar-refractivity contribution in [2.45, 2.75) is 25.9 Å². The molecule has 22 heavy (non-hydrogen) atoms. The standard InChI is InChI=1S/C16H13Cl2NO3/c17-12-4-2-5-13(18)11(12)8-22-16(21)10-7-9-3-1-6-14(9)19-15(10)20/h2,4-5,7H,1,3,6,8H2,(H,19,20). The number of aromatic nitrogens is 1. The Morgan fingerprint density at radius 3 is 2.68 bits per heavy atom. The van der Waals surface area contributed by atoms with Gasteiger partial charge >= 0.3 is 5.97 Å². The molecule has 1 aliphatic rings. The molecular formula is C16H13Cl2NO3. The van der Waals surface area contributed by atoms with Crippen molar-refractivity contribution in [3.05, 3.63) is 67.0 Å². The van der Waals surface area contributed by atoms with Crippen molar-refractivity contribution in [2.24, 2.45) is 0 Å². The van der Waals surface area contributed by atoms with Gasteiger partial charge in [-0.05, 0) is 43.0 Å². The quantitative estimate of drug-likeness (QED) is 0.871. The molecule has 0 unspecified atom stereocenters. The molecule has 114 valence electrons. The van der Waals surface area contributed by atoms with Crippen molar-refractivity contribution in [2.75, 3.05) is 0 Å². The highest BCUT2D eigenvalue weighted by Crippen LogP contribution is 2.25. The monoisotopic (exact) mass is 337 g/mol. The molecule has 2 aromatic rings. The molecule has 0 saturated heterocycles. The number of carbonyl (C=O) groups excluding carboxylic acids is 1. The zero-order valence-corrected chi connectivity index (χ0v) is 13.1. The van der Waals surface area contributed by atoms with Crippen LogP contribution in [0.3, 0.4) is 0 Å². The van der Waals surface area contributed by atoms with Gasteiger partial charge in [-0.15, -0.1) is 0 Å². The molecule has 3 rings (SSSR count). The first-order valence-electron chi connectivity index (χ1n) is 6.91. The number of aromatic amines is 1. The molecule has 1 heterocycles. The van der Waals surface area contributed by atoms with Gasteiger partial charge in [0.2, 0.25) is 0 Å². The maximum Gasteiger partial charge on any atom is 0.344 e. The minimum atomic E-state index is -0.674. The number of hydrogen-bond acceptors (Lipinski definition) is 3. The summed E-state index contributed by atoms with van der Waals surface area (Å²) in [6, 6.07) is 6.66. The van der Waals surface area contributed by atoms with Crippen molar-refractivity contribution in [3.63, 3.8) is 0 Å². The molecule has 0 atom stereocenters. The van der Waals surface area contributed by atoms with Crippen LogP contribution in [0.5, 0.6) is 0 Å². The minimum Gasteiger partial charge on any atom is -0.457 e. The van der Waals surface area contributed by atoms with E-state index in [1.807, 2.05) is 0 Å². The van der Waals surface area contributed by atoms with Gasteiger partial charge in [-0.2, -0.15) is 0 Å². The van der Waals surface area contributed by atoms with Gasteiger partial charge in [-0.1, -0.05) is 29.3 Å². The number of benzene rings is 1. The first-order chi connectivity index (χ1) is 10.6. The number of esters is 1. The Bertz CT molecular complexity index is 778. The normalized spacial score (nSPS) is 13.0. The summed E-state index contributed by atoms with van der Waals surface area (Å²) in [5.74, 6) is -0.674. The van der Waals surface area contributed by atoms with E-state index < -0.39 is 11.5 Å². The third-order valence-electron chi connectivity index (χ3n) is 3.72. The Morgan fingerprint density at radius 1 is 1.23 bits per heavy atom. The lowest BCUT2D eigenvalue weighted by Crippen LogP contribution is -2.21. The Hall–Kier alpha value is -1.78. The van der Waals surface area contributed by atoms with Crippen molar-refractivity contribution in [1.29, 1.82) is 0 Å². The molecule has 1 aromatic carbocycles. The molecule has 0 bridgehead atoms. The second kappa shape index (κ2) is 6.15. The number of halogens is 2. The van der Waals surface area contributed by atoms with E-state index in [0.29, 0.717) is 15.6 Å². The number of H-pyrrole nitrogens is 1. The van der Waals surface area contributed by atoms with E-state index in [9.17, 15) is 9.59 Å². The number of carbonyl (C=O) groups is 1. The highest BCUT2D eigenvalue weighted by molar-refractivity contribution is 6.35.